The molecule has 0 fully saturated rings. The third-order valence-electron chi connectivity index (χ3n) is 2.18. The van der Waals surface area contributed by atoms with Gasteiger partial charge in [-0.3, -0.25) is 4.79 Å². The van der Waals surface area contributed by atoms with Crippen molar-refractivity contribution in [2.45, 2.75) is 24.7 Å². The second kappa shape index (κ2) is 6.25. The molecule has 4 nitrogen and oxygen atoms in total. The number of hydrogen-bond acceptors (Lipinski definition) is 2. The molecule has 0 radical (unpaired) electrons. The van der Waals surface area contributed by atoms with Crippen LogP contribution >= 0.6 is 11.6 Å². The van der Waals surface area contributed by atoms with Gasteiger partial charge in [-0.05, 0) is 12.5 Å². The summed E-state index contributed by atoms with van der Waals surface area (Å²) in [5.41, 5.74) is 0.808. The fraction of sp³-hybridized carbons (Fsp3) is 0.333. The summed E-state index contributed by atoms with van der Waals surface area (Å²) in [7, 11) is 0. The van der Waals surface area contributed by atoms with Crippen LogP contribution in [-0.2, 0) is 16.0 Å². The summed E-state index contributed by atoms with van der Waals surface area (Å²) in [6, 6.07) is 7.95. The molecule has 0 spiro atoms. The number of halogens is 1. The van der Waals surface area contributed by atoms with Crippen molar-refractivity contribution >= 4 is 23.5 Å². The summed E-state index contributed by atoms with van der Waals surface area (Å²) in [6.45, 7) is -0.287. The van der Waals surface area contributed by atoms with Crippen LogP contribution in [0.25, 0.3) is 0 Å². The van der Waals surface area contributed by atoms with E-state index in [1.807, 2.05) is 6.07 Å². The van der Waals surface area contributed by atoms with Crippen LogP contribution in [0.15, 0.2) is 30.3 Å². The highest BCUT2D eigenvalue weighted by Crippen LogP contribution is 2.04. The van der Waals surface area contributed by atoms with Crippen molar-refractivity contribution in [3.63, 3.8) is 0 Å². The minimum atomic E-state index is -1.12. The van der Waals surface area contributed by atoms with Gasteiger partial charge in [0.1, 0.15) is 11.4 Å². The van der Waals surface area contributed by atoms with Crippen molar-refractivity contribution in [1.82, 2.24) is 5.32 Å². The molecule has 0 aliphatic heterocycles. The lowest BCUT2D eigenvalue weighted by Gasteiger charge is -2.15. The smallest absolute Gasteiger partial charge is 0.326 e. The molecule has 2 N–H and O–H groups in total. The molecule has 2 atom stereocenters. The summed E-state index contributed by atoms with van der Waals surface area (Å²) >= 11 is 5.58. The number of carboxylic acids is 1. The van der Waals surface area contributed by atoms with Gasteiger partial charge >= 0.3 is 5.97 Å². The number of amides is 1. The molecule has 0 saturated carbocycles. The number of nitrogens with one attached hydrogen (secondary N) is 1. The first-order valence-electron chi connectivity index (χ1n) is 5.75. The van der Waals surface area contributed by atoms with E-state index in [0.29, 0.717) is 0 Å². The van der Waals surface area contributed by atoms with E-state index in [1.165, 1.54) is 0 Å². The van der Waals surface area contributed by atoms with Crippen molar-refractivity contribution in [1.29, 1.82) is 0 Å². The lowest BCUT2D eigenvalue weighted by Crippen LogP contribution is -2.44. The average Bonchev–Trinajstić information content (AvgIpc) is 2.37. The fourth-order valence-corrected chi connectivity index (χ4v) is 1.38. The van der Waals surface area contributed by atoms with Crippen LogP contribution in [0.2, 0.25) is 0 Å². The van der Waals surface area contributed by atoms with E-state index in [2.05, 4.69) is 5.32 Å². The van der Waals surface area contributed by atoms with Crippen LogP contribution in [0.1, 0.15) is 13.8 Å². The summed E-state index contributed by atoms with van der Waals surface area (Å²) < 4.78 is 6.97. The van der Waals surface area contributed by atoms with Crippen LogP contribution in [0.3, 0.4) is 0 Å². The molecule has 0 bridgehead atoms. The van der Waals surface area contributed by atoms with Gasteiger partial charge in [-0.1, -0.05) is 30.3 Å². The van der Waals surface area contributed by atoms with E-state index in [0.717, 1.165) is 5.56 Å². The van der Waals surface area contributed by atoms with Crippen LogP contribution in [0, 0.1) is 0 Å². The van der Waals surface area contributed by atoms with Crippen LogP contribution in [0.5, 0.6) is 0 Å². The Bertz CT molecular complexity index is 413. The Morgan fingerprint density at radius 1 is 1.47 bits per heavy atom. The largest absolute Gasteiger partial charge is 0.480 e. The Morgan fingerprint density at radius 3 is 2.65 bits per heavy atom. The van der Waals surface area contributed by atoms with Gasteiger partial charge < -0.3 is 10.4 Å². The monoisotopic (exact) mass is 256 g/mol. The Kier molecular flexibility index (Phi) is 4.38. The van der Waals surface area contributed by atoms with Gasteiger partial charge in [0.25, 0.3) is 0 Å². The molecule has 92 valence electrons. The van der Waals surface area contributed by atoms with Gasteiger partial charge in [-0.2, -0.15) is 0 Å². The van der Waals surface area contributed by atoms with E-state index in [4.69, 9.17) is 18.1 Å². The highest BCUT2D eigenvalue weighted by atomic mass is 35.5. The predicted molar refractivity (Wildman–Crippen MR) is 65.0 cm³/mol. The number of carbonyl (C=O) groups is 2. The van der Waals surface area contributed by atoms with E-state index in [-0.39, 0.29) is 13.3 Å². The standard InChI is InChI=1S/C12H14ClNO3/c1-8(13)11(15)14-10(12(16)17)7-9-5-3-2-4-6-9/h2-6,8,10H,7H2,1H3,(H,14,15)(H,16,17)/t8?,10-/m0/s1/i1D. The second-order valence-electron chi connectivity index (χ2n) is 3.56. The predicted octanol–water partition coefficient (Wildman–Crippen LogP) is 1.43. The Hall–Kier alpha value is -1.55. The Balaban J connectivity index is 2.67. The van der Waals surface area contributed by atoms with Crippen LogP contribution in [0.4, 0.5) is 0 Å². The first-order chi connectivity index (χ1) is 8.54. The minimum Gasteiger partial charge on any atom is -0.480 e. The molecule has 5 heteroatoms. The van der Waals surface area contributed by atoms with Crippen molar-refractivity contribution in [3.05, 3.63) is 35.9 Å². The van der Waals surface area contributed by atoms with Gasteiger partial charge in [0, 0.05) is 7.79 Å². The number of rotatable bonds is 5. The molecule has 0 saturated heterocycles. The molecule has 1 aromatic rings. The molecular formula is C12H14ClNO3. The number of alkyl halides is 1. The first kappa shape index (κ1) is 11.9. The van der Waals surface area contributed by atoms with Crippen LogP contribution in [-0.4, -0.2) is 28.4 Å². The van der Waals surface area contributed by atoms with Gasteiger partial charge in [0.15, 0.2) is 0 Å². The topological polar surface area (TPSA) is 66.4 Å². The summed E-state index contributed by atoms with van der Waals surface area (Å²) in [5.74, 6) is -1.75. The van der Waals surface area contributed by atoms with Gasteiger partial charge in [-0.15, -0.1) is 11.6 Å². The third-order valence-corrected chi connectivity index (χ3v) is 2.38. The zero-order valence-electron chi connectivity index (χ0n) is 10.1. The molecule has 0 heterocycles. The fourth-order valence-electron chi connectivity index (χ4n) is 1.31. The first-order valence-corrected chi connectivity index (χ1v) is 5.48. The summed E-state index contributed by atoms with van der Waals surface area (Å²) in [4.78, 5) is 22.5. The SMILES string of the molecule is [2H]CC(Cl)C(=O)N[C@@H](Cc1ccccc1)C(=O)O. The maximum Gasteiger partial charge on any atom is 0.326 e. The number of carboxylic acid groups (broad SMARTS) is 1. The number of carbonyl (C=O) groups excluding carboxylic acids is 1. The normalized spacial score (nSPS) is 14.5. The molecule has 0 aliphatic carbocycles. The molecule has 0 aliphatic rings. The number of benzene rings is 1. The quantitative estimate of drug-likeness (QED) is 0.783. The van der Waals surface area contributed by atoms with E-state index >= 15 is 0 Å². The second-order valence-corrected chi connectivity index (χ2v) is 4.08. The van der Waals surface area contributed by atoms with Gasteiger partial charge in [0.2, 0.25) is 5.91 Å². The molecule has 1 unspecified atom stereocenters. The maximum absolute atomic E-state index is 11.5. The third kappa shape index (κ3) is 4.44. The van der Waals surface area contributed by atoms with Crippen molar-refractivity contribution in [2.24, 2.45) is 0 Å². The van der Waals surface area contributed by atoms with Crippen molar-refractivity contribution < 1.29 is 16.1 Å². The van der Waals surface area contributed by atoms with E-state index in [9.17, 15) is 9.59 Å². The van der Waals surface area contributed by atoms with Crippen LogP contribution < -0.4 is 5.32 Å². The summed E-state index contributed by atoms with van der Waals surface area (Å²) in [6.07, 6.45) is 0.184. The lowest BCUT2D eigenvalue weighted by atomic mass is 10.1. The maximum atomic E-state index is 11.5. The zero-order valence-corrected chi connectivity index (χ0v) is 9.85. The number of hydrogen-bond donors (Lipinski definition) is 2. The summed E-state index contributed by atoms with van der Waals surface area (Å²) in [5, 5.41) is 10.3. The highest BCUT2D eigenvalue weighted by molar-refractivity contribution is 6.30. The molecule has 0 aromatic heterocycles. The molecule has 1 amide bonds. The Labute approximate surface area is 106 Å². The molecule has 1 rings (SSSR count). The van der Waals surface area contributed by atoms with E-state index < -0.39 is 23.3 Å². The molecule has 1 aromatic carbocycles. The average molecular weight is 257 g/mol. The van der Waals surface area contributed by atoms with Crippen molar-refractivity contribution in [2.75, 3.05) is 0 Å². The zero-order chi connectivity index (χ0) is 13.5. The van der Waals surface area contributed by atoms with Gasteiger partial charge in [0.05, 0.1) is 0 Å². The molecule has 17 heavy (non-hydrogen) atoms. The number of aliphatic carboxylic acids is 1. The molecular weight excluding hydrogens is 242 g/mol. The highest BCUT2D eigenvalue weighted by Gasteiger charge is 2.22. The lowest BCUT2D eigenvalue weighted by molar-refractivity contribution is -0.141. The Morgan fingerprint density at radius 2 is 2.12 bits per heavy atom. The van der Waals surface area contributed by atoms with Gasteiger partial charge in [-0.25, -0.2) is 4.79 Å². The minimum absolute atomic E-state index is 0.184. The van der Waals surface area contributed by atoms with E-state index in [1.54, 1.807) is 24.3 Å². The van der Waals surface area contributed by atoms with Crippen molar-refractivity contribution in [3.8, 4) is 0 Å².